The van der Waals surface area contributed by atoms with Gasteiger partial charge in [-0.2, -0.15) is 0 Å². The largest absolute Gasteiger partial charge is 0.464 e. The Morgan fingerprint density at radius 2 is 1.56 bits per heavy atom. The maximum Gasteiger partial charge on any atom is 0.242 e. The van der Waals surface area contributed by atoms with Crippen LogP contribution in [0.25, 0.3) is 0 Å². The van der Waals surface area contributed by atoms with Gasteiger partial charge in [0.15, 0.2) is 0 Å². The fourth-order valence-electron chi connectivity index (χ4n) is 3.48. The molecule has 0 spiro atoms. The van der Waals surface area contributed by atoms with Crippen molar-refractivity contribution in [3.05, 3.63) is 95.2 Å². The van der Waals surface area contributed by atoms with Crippen molar-refractivity contribution in [1.29, 1.82) is 0 Å². The summed E-state index contributed by atoms with van der Waals surface area (Å²) >= 11 is 0. The molecule has 3 aromatic rings. The average molecular weight is 437 g/mol. The minimum absolute atomic E-state index is 0.0375. The number of benzene rings is 2. The summed E-state index contributed by atoms with van der Waals surface area (Å²) in [7, 11) is 0. The van der Waals surface area contributed by atoms with E-state index in [2.05, 4.69) is 0 Å². The Bertz CT molecular complexity index is 1030. The van der Waals surface area contributed by atoms with Gasteiger partial charge in [-0.1, -0.05) is 42.5 Å². The number of carbonyl (C=O) groups is 2. The number of halogens is 1. The molecule has 1 aromatic heterocycles. The van der Waals surface area contributed by atoms with Gasteiger partial charge in [0.25, 0.3) is 0 Å². The van der Waals surface area contributed by atoms with Crippen molar-refractivity contribution in [3.63, 3.8) is 0 Å². The van der Waals surface area contributed by atoms with E-state index in [1.165, 1.54) is 12.1 Å². The third-order valence-electron chi connectivity index (χ3n) is 5.23. The Morgan fingerprint density at radius 3 is 2.16 bits per heavy atom. The predicted octanol–water partition coefficient (Wildman–Crippen LogP) is 4.74. The van der Waals surface area contributed by atoms with E-state index in [9.17, 15) is 14.0 Å². The van der Waals surface area contributed by atoms with E-state index in [0.717, 1.165) is 11.3 Å². The first-order valence-electron chi connectivity index (χ1n) is 10.7. The zero-order valence-corrected chi connectivity index (χ0v) is 18.8. The minimum Gasteiger partial charge on any atom is -0.464 e. The van der Waals surface area contributed by atoms with Crippen LogP contribution in [0.3, 0.4) is 0 Å². The van der Waals surface area contributed by atoms with Crippen molar-refractivity contribution in [1.82, 2.24) is 9.80 Å². The molecule has 168 valence electrons. The van der Waals surface area contributed by atoms with Crippen LogP contribution < -0.4 is 0 Å². The fraction of sp³-hybridized carbons (Fsp3) is 0.308. The Hall–Kier alpha value is -3.41. The number of furan rings is 1. The normalized spacial score (nSPS) is 10.9. The van der Waals surface area contributed by atoms with E-state index >= 15 is 0 Å². The molecule has 0 unspecified atom stereocenters. The molecule has 0 N–H and O–H groups in total. The third-order valence-corrected chi connectivity index (χ3v) is 5.23. The predicted molar refractivity (Wildman–Crippen MR) is 121 cm³/mol. The molecule has 0 bridgehead atoms. The molecule has 5 nitrogen and oxygen atoms in total. The lowest BCUT2D eigenvalue weighted by atomic mass is 10.1. The number of hydrogen-bond acceptors (Lipinski definition) is 3. The molecule has 0 aliphatic rings. The first-order chi connectivity index (χ1) is 15.3. The molecule has 32 heavy (non-hydrogen) atoms. The maximum absolute atomic E-state index is 13.3. The zero-order valence-electron chi connectivity index (χ0n) is 18.8. The highest BCUT2D eigenvalue weighted by Gasteiger charge is 2.24. The summed E-state index contributed by atoms with van der Waals surface area (Å²) in [5.74, 6) is 0.797. The summed E-state index contributed by atoms with van der Waals surface area (Å²) in [5.41, 5.74) is 1.71. The Labute approximate surface area is 188 Å². The SMILES string of the molecule is Cc1ccc(CN(Cc2ccccc2)C(=O)CN(C(=O)Cc2ccc(F)cc2)C(C)C)o1. The van der Waals surface area contributed by atoms with Crippen LogP contribution in [0.4, 0.5) is 4.39 Å². The van der Waals surface area contributed by atoms with E-state index in [-0.39, 0.29) is 36.6 Å². The summed E-state index contributed by atoms with van der Waals surface area (Å²) < 4.78 is 18.9. The quantitative estimate of drug-likeness (QED) is 0.487. The molecule has 1 heterocycles. The molecular formula is C26H29FN2O3. The second kappa shape index (κ2) is 10.8. The van der Waals surface area contributed by atoms with E-state index in [0.29, 0.717) is 24.4 Å². The summed E-state index contributed by atoms with van der Waals surface area (Å²) in [5, 5.41) is 0. The fourth-order valence-corrected chi connectivity index (χ4v) is 3.48. The van der Waals surface area contributed by atoms with Crippen molar-refractivity contribution >= 4 is 11.8 Å². The topological polar surface area (TPSA) is 53.8 Å². The molecule has 0 fully saturated rings. The van der Waals surface area contributed by atoms with Crippen LogP contribution in [0, 0.1) is 12.7 Å². The van der Waals surface area contributed by atoms with Crippen molar-refractivity contribution < 1.29 is 18.4 Å². The monoisotopic (exact) mass is 436 g/mol. The molecule has 0 atom stereocenters. The van der Waals surface area contributed by atoms with Crippen LogP contribution >= 0.6 is 0 Å². The van der Waals surface area contributed by atoms with Gasteiger partial charge in [0.2, 0.25) is 11.8 Å². The van der Waals surface area contributed by atoms with Crippen LogP contribution in [0.2, 0.25) is 0 Å². The van der Waals surface area contributed by atoms with Crippen LogP contribution in [-0.2, 0) is 29.1 Å². The van der Waals surface area contributed by atoms with Gasteiger partial charge in [-0.3, -0.25) is 9.59 Å². The van der Waals surface area contributed by atoms with Gasteiger partial charge in [0.05, 0.1) is 13.0 Å². The highest BCUT2D eigenvalue weighted by atomic mass is 19.1. The van der Waals surface area contributed by atoms with Crippen LogP contribution in [0.1, 0.15) is 36.5 Å². The third kappa shape index (κ3) is 6.54. The minimum atomic E-state index is -0.346. The smallest absolute Gasteiger partial charge is 0.242 e. The van der Waals surface area contributed by atoms with Crippen LogP contribution in [0.5, 0.6) is 0 Å². The van der Waals surface area contributed by atoms with E-state index < -0.39 is 0 Å². The number of carbonyl (C=O) groups excluding carboxylic acids is 2. The van der Waals surface area contributed by atoms with Crippen molar-refractivity contribution in [2.24, 2.45) is 0 Å². The second-order valence-corrected chi connectivity index (χ2v) is 8.17. The van der Waals surface area contributed by atoms with Crippen LogP contribution in [-0.4, -0.2) is 34.2 Å². The van der Waals surface area contributed by atoms with Crippen molar-refractivity contribution in [3.8, 4) is 0 Å². The molecular weight excluding hydrogens is 407 g/mol. The van der Waals surface area contributed by atoms with Gasteiger partial charge in [-0.25, -0.2) is 4.39 Å². The lowest BCUT2D eigenvalue weighted by Crippen LogP contribution is -2.46. The zero-order chi connectivity index (χ0) is 23.1. The van der Waals surface area contributed by atoms with Crippen molar-refractivity contribution in [2.45, 2.75) is 46.3 Å². The highest BCUT2D eigenvalue weighted by Crippen LogP contribution is 2.15. The van der Waals surface area contributed by atoms with Crippen molar-refractivity contribution in [2.75, 3.05) is 6.54 Å². The molecule has 2 aromatic carbocycles. The number of hydrogen-bond donors (Lipinski definition) is 0. The van der Waals surface area contributed by atoms with E-state index in [1.807, 2.05) is 63.2 Å². The van der Waals surface area contributed by atoms with Gasteiger partial charge >= 0.3 is 0 Å². The van der Waals surface area contributed by atoms with Gasteiger partial charge in [-0.15, -0.1) is 0 Å². The Balaban J connectivity index is 1.74. The summed E-state index contributed by atoms with van der Waals surface area (Å²) in [6.07, 6.45) is 0.113. The van der Waals surface area contributed by atoms with Gasteiger partial charge in [0, 0.05) is 12.6 Å². The number of amides is 2. The van der Waals surface area contributed by atoms with Gasteiger partial charge < -0.3 is 14.2 Å². The second-order valence-electron chi connectivity index (χ2n) is 8.17. The summed E-state index contributed by atoms with van der Waals surface area (Å²) in [4.78, 5) is 29.5. The van der Waals surface area contributed by atoms with E-state index in [1.54, 1.807) is 21.9 Å². The first-order valence-corrected chi connectivity index (χ1v) is 10.7. The lowest BCUT2D eigenvalue weighted by molar-refractivity contribution is -0.142. The lowest BCUT2D eigenvalue weighted by Gasteiger charge is -2.30. The number of nitrogens with zero attached hydrogens (tertiary/aromatic N) is 2. The van der Waals surface area contributed by atoms with E-state index in [4.69, 9.17) is 4.42 Å². The molecule has 0 aliphatic heterocycles. The molecule has 6 heteroatoms. The number of rotatable bonds is 9. The van der Waals surface area contributed by atoms with Crippen LogP contribution in [0.15, 0.2) is 71.1 Å². The first kappa shape index (κ1) is 23.3. The molecule has 3 rings (SSSR count). The average Bonchev–Trinajstić information content (AvgIpc) is 3.18. The maximum atomic E-state index is 13.3. The summed E-state index contributed by atoms with van der Waals surface area (Å²) in [6, 6.07) is 19.2. The Morgan fingerprint density at radius 1 is 0.875 bits per heavy atom. The summed E-state index contributed by atoms with van der Waals surface area (Å²) in [6.45, 7) is 6.32. The molecule has 2 amide bonds. The molecule has 0 saturated carbocycles. The standard InChI is InChI=1S/C26H29FN2O3/c1-19(2)29(25(30)15-21-10-12-23(27)13-11-21)18-26(31)28(16-22-7-5-4-6-8-22)17-24-14-9-20(3)32-24/h4-14,19H,15-18H2,1-3H3. The van der Waals surface area contributed by atoms with Gasteiger partial charge in [0.1, 0.15) is 23.9 Å². The Kier molecular flexibility index (Phi) is 7.82. The molecule has 0 aliphatic carbocycles. The molecule has 0 saturated heterocycles. The van der Waals surface area contributed by atoms with Gasteiger partial charge in [-0.05, 0) is 56.2 Å². The molecule has 0 radical (unpaired) electrons. The highest BCUT2D eigenvalue weighted by molar-refractivity contribution is 5.86. The number of aryl methyl sites for hydroxylation is 1.